The second-order valence-electron chi connectivity index (χ2n) is 4.46. The van der Waals surface area contributed by atoms with Gasteiger partial charge in [0.1, 0.15) is 0 Å². The molecule has 0 amide bonds. The number of rotatable bonds is 7. The molecule has 1 heterocycles. The quantitative estimate of drug-likeness (QED) is 0.716. The Balaban J connectivity index is 2.25. The molecule has 0 spiro atoms. The molecule has 1 aromatic heterocycles. The van der Waals surface area contributed by atoms with Crippen molar-refractivity contribution in [2.24, 2.45) is 5.73 Å². The molecule has 3 nitrogen and oxygen atoms in total. The summed E-state index contributed by atoms with van der Waals surface area (Å²) in [4.78, 5) is 6.54. The Kier molecular flexibility index (Phi) is 6.04. The van der Waals surface area contributed by atoms with Crippen molar-refractivity contribution >= 4 is 0 Å². The molecule has 0 aliphatic heterocycles. The maximum Gasteiger partial charge on any atom is 0.0313 e. The number of nitrogens with two attached hydrogens (primary N) is 1. The van der Waals surface area contributed by atoms with Crippen molar-refractivity contribution in [3.05, 3.63) is 29.6 Å². The number of pyridine rings is 1. The Labute approximate surface area is 98.7 Å². The van der Waals surface area contributed by atoms with Gasteiger partial charge in [-0.2, -0.15) is 0 Å². The monoisotopic (exact) mass is 221 g/mol. The zero-order chi connectivity index (χ0) is 11.8. The van der Waals surface area contributed by atoms with Crippen molar-refractivity contribution in [3.63, 3.8) is 0 Å². The van der Waals surface area contributed by atoms with Gasteiger partial charge in [-0.1, -0.05) is 12.5 Å². The van der Waals surface area contributed by atoms with E-state index in [1.54, 1.807) is 0 Å². The summed E-state index contributed by atoms with van der Waals surface area (Å²) in [6.07, 6.45) is 7.44. The lowest BCUT2D eigenvalue weighted by atomic mass is 10.2. The van der Waals surface area contributed by atoms with Gasteiger partial charge < -0.3 is 10.6 Å². The van der Waals surface area contributed by atoms with E-state index >= 15 is 0 Å². The molecule has 0 radical (unpaired) electrons. The van der Waals surface area contributed by atoms with Gasteiger partial charge in [-0.05, 0) is 51.0 Å². The molecule has 0 aromatic carbocycles. The van der Waals surface area contributed by atoms with Gasteiger partial charge in [0.25, 0.3) is 0 Å². The van der Waals surface area contributed by atoms with E-state index in [2.05, 4.69) is 29.9 Å². The highest BCUT2D eigenvalue weighted by molar-refractivity contribution is 5.16. The SMILES string of the molecule is Cc1cncc(CN(C)CCCCCN)c1. The first-order valence-corrected chi connectivity index (χ1v) is 6.01. The summed E-state index contributed by atoms with van der Waals surface area (Å²) < 4.78 is 0. The van der Waals surface area contributed by atoms with Gasteiger partial charge in [0.05, 0.1) is 0 Å². The topological polar surface area (TPSA) is 42.2 Å². The molecule has 0 bridgehead atoms. The Morgan fingerprint density at radius 2 is 2.06 bits per heavy atom. The zero-order valence-electron chi connectivity index (χ0n) is 10.4. The third-order valence-corrected chi connectivity index (χ3v) is 2.63. The minimum absolute atomic E-state index is 0.811. The molecule has 0 aliphatic carbocycles. The lowest BCUT2D eigenvalue weighted by molar-refractivity contribution is 0.317. The van der Waals surface area contributed by atoms with Crippen LogP contribution in [0.2, 0.25) is 0 Å². The molecule has 0 atom stereocenters. The molecular weight excluding hydrogens is 198 g/mol. The Morgan fingerprint density at radius 3 is 2.75 bits per heavy atom. The van der Waals surface area contributed by atoms with Crippen LogP contribution in [-0.4, -0.2) is 30.0 Å². The molecule has 16 heavy (non-hydrogen) atoms. The average molecular weight is 221 g/mol. The first kappa shape index (κ1) is 13.1. The van der Waals surface area contributed by atoms with E-state index in [1.165, 1.54) is 24.0 Å². The summed E-state index contributed by atoms with van der Waals surface area (Å²) in [6, 6.07) is 2.20. The number of aromatic nitrogens is 1. The van der Waals surface area contributed by atoms with E-state index < -0.39 is 0 Å². The fourth-order valence-electron chi connectivity index (χ4n) is 1.80. The van der Waals surface area contributed by atoms with Crippen LogP contribution in [0.3, 0.4) is 0 Å². The molecule has 2 N–H and O–H groups in total. The number of unbranched alkanes of at least 4 members (excludes halogenated alkanes) is 2. The van der Waals surface area contributed by atoms with E-state index in [9.17, 15) is 0 Å². The van der Waals surface area contributed by atoms with Crippen LogP contribution in [0.15, 0.2) is 18.5 Å². The minimum atomic E-state index is 0.811. The van der Waals surface area contributed by atoms with Crippen LogP contribution in [0.4, 0.5) is 0 Å². The summed E-state index contributed by atoms with van der Waals surface area (Å²) in [5.41, 5.74) is 7.99. The van der Waals surface area contributed by atoms with Crippen molar-refractivity contribution in [1.29, 1.82) is 0 Å². The Hall–Kier alpha value is -0.930. The predicted molar refractivity (Wildman–Crippen MR) is 68.2 cm³/mol. The van der Waals surface area contributed by atoms with Crippen LogP contribution in [-0.2, 0) is 6.54 Å². The van der Waals surface area contributed by atoms with Gasteiger partial charge in [0.2, 0.25) is 0 Å². The molecule has 3 heteroatoms. The first-order valence-electron chi connectivity index (χ1n) is 6.01. The summed E-state index contributed by atoms with van der Waals surface area (Å²) in [6.45, 7) is 5.01. The summed E-state index contributed by atoms with van der Waals surface area (Å²) in [5, 5.41) is 0. The Morgan fingerprint density at radius 1 is 1.25 bits per heavy atom. The summed E-state index contributed by atoms with van der Waals surface area (Å²) in [7, 11) is 2.16. The van der Waals surface area contributed by atoms with Crippen molar-refractivity contribution in [2.75, 3.05) is 20.1 Å². The van der Waals surface area contributed by atoms with E-state index in [0.29, 0.717) is 0 Å². The van der Waals surface area contributed by atoms with Crippen molar-refractivity contribution in [2.45, 2.75) is 32.7 Å². The second-order valence-corrected chi connectivity index (χ2v) is 4.46. The molecule has 0 fully saturated rings. The number of aryl methyl sites for hydroxylation is 1. The van der Waals surface area contributed by atoms with Gasteiger partial charge in [-0.25, -0.2) is 0 Å². The molecule has 90 valence electrons. The van der Waals surface area contributed by atoms with Gasteiger partial charge >= 0.3 is 0 Å². The first-order chi connectivity index (χ1) is 7.72. The molecule has 0 saturated heterocycles. The molecular formula is C13H23N3. The zero-order valence-corrected chi connectivity index (χ0v) is 10.4. The largest absolute Gasteiger partial charge is 0.330 e. The van der Waals surface area contributed by atoms with Gasteiger partial charge in [-0.15, -0.1) is 0 Å². The predicted octanol–water partition coefficient (Wildman–Crippen LogP) is 1.95. The van der Waals surface area contributed by atoms with Crippen molar-refractivity contribution in [1.82, 2.24) is 9.88 Å². The fourth-order valence-corrected chi connectivity index (χ4v) is 1.80. The highest BCUT2D eigenvalue weighted by atomic mass is 15.1. The van der Waals surface area contributed by atoms with Crippen molar-refractivity contribution in [3.8, 4) is 0 Å². The van der Waals surface area contributed by atoms with E-state index in [1.807, 2.05) is 12.4 Å². The Bertz CT molecular complexity index is 299. The maximum absolute atomic E-state index is 5.46. The second kappa shape index (κ2) is 7.36. The third-order valence-electron chi connectivity index (χ3n) is 2.63. The highest BCUT2D eigenvalue weighted by Gasteiger charge is 2.00. The smallest absolute Gasteiger partial charge is 0.0313 e. The fraction of sp³-hybridized carbons (Fsp3) is 0.615. The molecule has 0 aliphatic rings. The van der Waals surface area contributed by atoms with Crippen LogP contribution in [0.25, 0.3) is 0 Å². The molecule has 0 unspecified atom stereocenters. The van der Waals surface area contributed by atoms with Crippen LogP contribution in [0, 0.1) is 6.92 Å². The summed E-state index contributed by atoms with van der Waals surface area (Å²) in [5.74, 6) is 0. The molecule has 1 aromatic rings. The molecule has 1 rings (SSSR count). The normalized spacial score (nSPS) is 11.0. The van der Waals surface area contributed by atoms with Gasteiger partial charge in [0.15, 0.2) is 0 Å². The standard InChI is InChI=1S/C13H23N3/c1-12-8-13(10-15-9-12)11-16(2)7-5-3-4-6-14/h8-10H,3-7,11,14H2,1-2H3. The lowest BCUT2D eigenvalue weighted by Crippen LogP contribution is -2.19. The van der Waals surface area contributed by atoms with E-state index in [-0.39, 0.29) is 0 Å². The van der Waals surface area contributed by atoms with Gasteiger partial charge in [0, 0.05) is 18.9 Å². The number of hydrogen-bond donors (Lipinski definition) is 1. The third kappa shape index (κ3) is 5.24. The maximum atomic E-state index is 5.46. The average Bonchev–Trinajstić information content (AvgIpc) is 2.24. The van der Waals surface area contributed by atoms with E-state index in [4.69, 9.17) is 5.73 Å². The molecule has 0 saturated carbocycles. The summed E-state index contributed by atoms with van der Waals surface area (Å²) >= 11 is 0. The van der Waals surface area contributed by atoms with Crippen LogP contribution in [0.5, 0.6) is 0 Å². The minimum Gasteiger partial charge on any atom is -0.330 e. The highest BCUT2D eigenvalue weighted by Crippen LogP contribution is 2.05. The van der Waals surface area contributed by atoms with Crippen LogP contribution >= 0.6 is 0 Å². The lowest BCUT2D eigenvalue weighted by Gasteiger charge is -2.16. The van der Waals surface area contributed by atoms with Gasteiger partial charge in [-0.3, -0.25) is 4.98 Å². The van der Waals surface area contributed by atoms with Crippen LogP contribution < -0.4 is 5.73 Å². The van der Waals surface area contributed by atoms with Crippen LogP contribution in [0.1, 0.15) is 30.4 Å². The number of nitrogens with zero attached hydrogens (tertiary/aromatic N) is 2. The number of hydrogen-bond acceptors (Lipinski definition) is 3. The van der Waals surface area contributed by atoms with Crippen molar-refractivity contribution < 1.29 is 0 Å². The van der Waals surface area contributed by atoms with E-state index in [0.717, 1.165) is 26.1 Å².